The van der Waals surface area contributed by atoms with Gasteiger partial charge in [0.05, 0.1) is 19.1 Å². The van der Waals surface area contributed by atoms with Crippen LogP contribution in [0.5, 0.6) is 11.5 Å². The highest BCUT2D eigenvalue weighted by Gasteiger charge is 2.28. The van der Waals surface area contributed by atoms with Crippen molar-refractivity contribution in [3.63, 3.8) is 0 Å². The van der Waals surface area contributed by atoms with E-state index in [9.17, 15) is 24.9 Å². The van der Waals surface area contributed by atoms with Gasteiger partial charge in [-0.1, -0.05) is 115 Å². The maximum atomic E-state index is 10.0. The molecule has 2 aliphatic carbocycles. The number of unbranched alkanes of at least 4 members (excludes halogenated alkanes) is 8. The highest BCUT2D eigenvalue weighted by atomic mass is 32.1. The van der Waals surface area contributed by atoms with Crippen molar-refractivity contribution in [3.05, 3.63) is 103 Å². The van der Waals surface area contributed by atoms with Crippen LogP contribution in [0.2, 0.25) is 0 Å². The number of rotatable bonds is 23. The van der Waals surface area contributed by atoms with Crippen molar-refractivity contribution in [2.24, 2.45) is 0 Å². The number of carbonyl (C=O) groups excluding carboxylic acids is 1. The number of aromatic hydroxyl groups is 2. The average molecular weight is 905 g/mol. The minimum atomic E-state index is -0.920. The molecule has 0 bridgehead atoms. The number of thiophene rings is 2. The molecular formula is C53H80N2O6S2. The first-order chi connectivity index (χ1) is 30.6. The zero-order valence-electron chi connectivity index (χ0n) is 39.1. The van der Waals surface area contributed by atoms with Gasteiger partial charge in [0, 0.05) is 54.0 Å². The largest absolute Gasteiger partial charge is 0.550 e. The number of fused-ring (bicyclic) bond motifs is 2. The van der Waals surface area contributed by atoms with Crippen LogP contribution in [0.25, 0.3) is 0 Å². The molecule has 3 atom stereocenters. The Morgan fingerprint density at radius 3 is 1.78 bits per heavy atom. The number of carbonyl (C=O) groups is 2. The Morgan fingerprint density at radius 2 is 1.24 bits per heavy atom. The van der Waals surface area contributed by atoms with Crippen LogP contribution < -0.4 is 10.0 Å². The van der Waals surface area contributed by atoms with Gasteiger partial charge in [-0.05, 0) is 122 Å². The van der Waals surface area contributed by atoms with Crippen LogP contribution in [0.4, 0.5) is 0 Å². The van der Waals surface area contributed by atoms with Crippen molar-refractivity contribution in [1.82, 2.24) is 4.90 Å². The maximum absolute atomic E-state index is 10.0. The maximum Gasteiger partial charge on any atom is 0.303 e. The molecule has 2 heterocycles. The summed E-state index contributed by atoms with van der Waals surface area (Å²) in [6, 6.07) is 22.1. The van der Waals surface area contributed by atoms with Crippen LogP contribution >= 0.6 is 22.7 Å². The van der Waals surface area contributed by atoms with Gasteiger partial charge in [-0.2, -0.15) is 0 Å². The van der Waals surface area contributed by atoms with Gasteiger partial charge in [0.2, 0.25) is 0 Å². The van der Waals surface area contributed by atoms with Gasteiger partial charge in [-0.25, -0.2) is 0 Å². The normalized spacial score (nSPS) is 15.6. The van der Waals surface area contributed by atoms with E-state index in [1.165, 1.54) is 103 Å². The second kappa shape index (κ2) is 32.0. The molecule has 0 fully saturated rings. The summed E-state index contributed by atoms with van der Waals surface area (Å²) in [5.74, 6) is -0.620. The first-order valence-corrected chi connectivity index (χ1v) is 26.0. The second-order valence-electron chi connectivity index (χ2n) is 17.3. The smallest absolute Gasteiger partial charge is 0.303 e. The molecule has 350 valence electrons. The number of nitrogens with one attached hydrogen (secondary N) is 1. The third-order valence-electron chi connectivity index (χ3n) is 12.3. The average Bonchev–Trinajstić information content (AvgIpc) is 4.01. The van der Waals surface area contributed by atoms with Crippen LogP contribution in [0.15, 0.2) is 71.4 Å². The molecule has 6 rings (SSSR count). The predicted molar refractivity (Wildman–Crippen MR) is 261 cm³/mol. The molecule has 2 aromatic carbocycles. The zero-order valence-corrected chi connectivity index (χ0v) is 40.7. The van der Waals surface area contributed by atoms with Crippen LogP contribution in [0, 0.1) is 0 Å². The lowest BCUT2D eigenvalue weighted by molar-refractivity contribution is -0.925. The number of phenols is 2. The van der Waals surface area contributed by atoms with E-state index in [0.29, 0.717) is 30.0 Å². The summed E-state index contributed by atoms with van der Waals surface area (Å²) in [6.07, 6.45) is 21.7. The Labute approximate surface area is 388 Å². The molecular weight excluding hydrogens is 825 g/mol. The van der Waals surface area contributed by atoms with Crippen LogP contribution in [0.3, 0.4) is 0 Å². The molecule has 4 aromatic rings. The molecule has 0 saturated carbocycles. The van der Waals surface area contributed by atoms with Crippen LogP contribution in [0.1, 0.15) is 162 Å². The lowest BCUT2D eigenvalue weighted by Crippen LogP contribution is -3.16. The summed E-state index contributed by atoms with van der Waals surface area (Å²) >= 11 is 3.72. The van der Waals surface area contributed by atoms with Crippen LogP contribution in [-0.4, -0.2) is 63.9 Å². The van der Waals surface area contributed by atoms with E-state index in [1.54, 1.807) is 4.90 Å². The Kier molecular flexibility index (Phi) is 27.3. The van der Waals surface area contributed by atoms with Gasteiger partial charge in [0.15, 0.2) is 0 Å². The van der Waals surface area contributed by atoms with Gasteiger partial charge in [0.1, 0.15) is 11.5 Å². The molecule has 4 N–H and O–H groups in total. The molecule has 0 saturated heterocycles. The summed E-state index contributed by atoms with van der Waals surface area (Å²) in [7, 11) is 0. The number of aliphatic carboxylic acids is 2. The van der Waals surface area contributed by atoms with Gasteiger partial charge in [0.25, 0.3) is 0 Å². The van der Waals surface area contributed by atoms with Crippen molar-refractivity contribution < 1.29 is 34.9 Å². The van der Waals surface area contributed by atoms with E-state index in [2.05, 4.69) is 79.8 Å². The van der Waals surface area contributed by atoms with E-state index >= 15 is 0 Å². The number of carboxylic acids is 2. The van der Waals surface area contributed by atoms with Gasteiger partial charge in [-0.3, -0.25) is 9.69 Å². The van der Waals surface area contributed by atoms with Gasteiger partial charge < -0.3 is 30.1 Å². The number of phenolic OH excluding ortho intramolecular Hbond substituents is 2. The Hall–Kier alpha value is -3.70. The molecule has 63 heavy (non-hydrogen) atoms. The van der Waals surface area contributed by atoms with E-state index < -0.39 is 11.9 Å². The molecule has 2 aliphatic rings. The summed E-state index contributed by atoms with van der Waals surface area (Å²) in [5, 5.41) is 42.5. The molecule has 0 amide bonds. The van der Waals surface area contributed by atoms with Crippen molar-refractivity contribution in [2.45, 2.75) is 181 Å². The van der Waals surface area contributed by atoms with Crippen LogP contribution in [-0.2, 0) is 48.2 Å². The topological polar surface area (TPSA) is 126 Å². The van der Waals surface area contributed by atoms with Crippen molar-refractivity contribution in [2.75, 3.05) is 19.6 Å². The van der Waals surface area contributed by atoms with Crippen molar-refractivity contribution in [3.8, 4) is 11.5 Å². The zero-order chi connectivity index (χ0) is 45.7. The van der Waals surface area contributed by atoms with Gasteiger partial charge in [-0.15, -0.1) is 22.7 Å². The van der Waals surface area contributed by atoms with E-state index in [4.69, 9.17) is 5.11 Å². The van der Waals surface area contributed by atoms with E-state index in [0.717, 1.165) is 77.3 Å². The predicted octanol–water partition coefficient (Wildman–Crippen LogP) is 10.6. The summed E-state index contributed by atoms with van der Waals surface area (Å²) in [5.41, 5.74) is 5.05. The fourth-order valence-electron chi connectivity index (χ4n) is 8.84. The monoisotopic (exact) mass is 905 g/mol. The molecule has 2 aromatic heterocycles. The lowest BCUT2D eigenvalue weighted by Gasteiger charge is -2.35. The molecule has 10 heteroatoms. The molecule has 0 spiro atoms. The Morgan fingerprint density at radius 1 is 0.667 bits per heavy atom. The van der Waals surface area contributed by atoms with E-state index in [1.807, 2.05) is 46.9 Å². The first-order valence-electron chi connectivity index (χ1n) is 24.2. The second-order valence-corrected chi connectivity index (χ2v) is 19.4. The summed E-state index contributed by atoms with van der Waals surface area (Å²) in [4.78, 5) is 27.3. The van der Waals surface area contributed by atoms with Crippen molar-refractivity contribution >= 4 is 34.6 Å². The number of quaternary nitrogens is 1. The number of carboxylic acid groups (broad SMARTS) is 2. The third-order valence-corrected chi connectivity index (χ3v) is 14.1. The van der Waals surface area contributed by atoms with E-state index in [-0.39, 0.29) is 6.42 Å². The minimum Gasteiger partial charge on any atom is -0.550 e. The number of nitrogens with zero attached hydrogens (tertiary/aromatic N) is 1. The quantitative estimate of drug-likeness (QED) is 0.0546. The van der Waals surface area contributed by atoms with Crippen molar-refractivity contribution in [1.29, 1.82) is 0 Å². The fraction of sp³-hybridized carbons (Fsp3) is 0.585. The SMILES string of the molecule is CCCCCCCC(=O)O.CCCCCCCC(=O)[O-].CCCN(Cc1cccs1)[C@H]1CCc2c(O)cccc2C1.CCC[NH+](CCc1cccs1)[C@H]1CCc2c(O)cccc2C1. The highest BCUT2D eigenvalue weighted by Crippen LogP contribution is 2.32. The number of hydrogen-bond acceptors (Lipinski definition) is 8. The minimum absolute atomic E-state index is 0.226. The fourth-order valence-corrected chi connectivity index (χ4v) is 10.3. The summed E-state index contributed by atoms with van der Waals surface area (Å²) < 4.78 is 0. The third kappa shape index (κ3) is 21.2. The van der Waals surface area contributed by atoms with Gasteiger partial charge >= 0.3 is 5.97 Å². The Balaban J connectivity index is 0.000000239. The Bertz CT molecular complexity index is 1770. The summed E-state index contributed by atoms with van der Waals surface area (Å²) in [6.45, 7) is 13.5. The first kappa shape index (κ1) is 53.6. The number of hydrogen-bond donors (Lipinski definition) is 4. The molecule has 0 aliphatic heterocycles. The molecule has 0 radical (unpaired) electrons. The standard InChI is InChI=1S/C19H25NOS.C18H23NOS.2C8H16O2/c1-2-11-20(12-10-17-6-4-13-22-17)16-8-9-18-15(14-16)5-3-7-19(18)21;1-2-10-19(13-16-6-4-11-21-16)15-8-9-17-14(12-15)5-3-7-18(17)20;2*1-2-3-4-5-6-7-8(9)10/h3-7,13,16,21H,2,8-12,14H2,1H3;3-7,11,15,20H,2,8-10,12-13H2,1H3;2*2-7H2,1H3,(H,9,10)/t16-;15-;;/m00../s1. The lowest BCUT2D eigenvalue weighted by atomic mass is 9.86. The highest BCUT2D eigenvalue weighted by molar-refractivity contribution is 7.10. The molecule has 1 unspecified atom stereocenters. The number of benzene rings is 2. The molecule has 8 nitrogen and oxygen atoms in total.